The molecule has 0 amide bonds. The molecule has 1 rings (SSSR count). The standard InChI is InChI=1S/C9H8Br/c10-8-4-7-9-5-2-1-3-6-9/h2-7H,8H2. The minimum absolute atomic E-state index is 0.908. The number of halogens is 1. The van der Waals surface area contributed by atoms with Gasteiger partial charge in [-0.25, -0.2) is 0 Å². The molecule has 1 heteroatoms. The molecule has 0 unspecified atom stereocenters. The van der Waals surface area contributed by atoms with Crippen LogP contribution in [0.3, 0.4) is 0 Å². The third kappa shape index (κ3) is 2.36. The van der Waals surface area contributed by atoms with Crippen LogP contribution in [0.5, 0.6) is 0 Å². The smallest absolute Gasteiger partial charge is 0.0215 e. The third-order valence-electron chi connectivity index (χ3n) is 1.14. The Labute approximate surface area is 69.7 Å². The molecule has 1 radical (unpaired) electrons. The minimum atomic E-state index is 0.908. The summed E-state index contributed by atoms with van der Waals surface area (Å²) in [6.07, 6.45) is 4.14. The zero-order valence-corrected chi connectivity index (χ0v) is 7.14. The van der Waals surface area contributed by atoms with E-state index >= 15 is 0 Å². The molecule has 1 aromatic rings. The van der Waals surface area contributed by atoms with Crippen molar-refractivity contribution in [2.24, 2.45) is 0 Å². The Hall–Kier alpha value is -0.560. The molecule has 10 heavy (non-hydrogen) atoms. The van der Waals surface area contributed by atoms with Crippen LogP contribution in [-0.2, 0) is 0 Å². The highest BCUT2D eigenvalue weighted by atomic mass is 79.9. The summed E-state index contributed by atoms with van der Waals surface area (Å²) in [6, 6.07) is 10.8. The number of benzene rings is 1. The largest absolute Gasteiger partial charge is 0.0883 e. The normalized spacial score (nSPS) is 10.5. The van der Waals surface area contributed by atoms with Crippen molar-refractivity contribution in [2.45, 2.75) is 0 Å². The number of hydrogen-bond acceptors (Lipinski definition) is 0. The third-order valence-corrected chi connectivity index (χ3v) is 1.52. The van der Waals surface area contributed by atoms with Crippen LogP contribution in [0.2, 0.25) is 0 Å². The van der Waals surface area contributed by atoms with Crippen molar-refractivity contribution < 1.29 is 0 Å². The van der Waals surface area contributed by atoms with Gasteiger partial charge in [-0.1, -0.05) is 52.3 Å². The lowest BCUT2D eigenvalue weighted by atomic mass is 10.2. The molecule has 0 aromatic heterocycles. The number of alkyl halides is 1. The van der Waals surface area contributed by atoms with Gasteiger partial charge in [0.2, 0.25) is 0 Å². The van der Waals surface area contributed by atoms with Gasteiger partial charge in [0.15, 0.2) is 0 Å². The van der Waals surface area contributed by atoms with Crippen LogP contribution in [0, 0.1) is 6.07 Å². The van der Waals surface area contributed by atoms with Crippen molar-refractivity contribution >= 4 is 22.0 Å². The van der Waals surface area contributed by atoms with E-state index in [1.165, 1.54) is 5.56 Å². The van der Waals surface area contributed by atoms with Gasteiger partial charge < -0.3 is 0 Å². The van der Waals surface area contributed by atoms with Crippen LogP contribution in [-0.4, -0.2) is 5.33 Å². The zero-order valence-electron chi connectivity index (χ0n) is 5.55. The molecular formula is C9H8Br. The summed E-state index contributed by atoms with van der Waals surface area (Å²) in [5, 5.41) is 0.908. The van der Waals surface area contributed by atoms with E-state index in [1.54, 1.807) is 0 Å². The van der Waals surface area contributed by atoms with Gasteiger partial charge in [-0.2, -0.15) is 0 Å². The maximum atomic E-state index is 3.31. The van der Waals surface area contributed by atoms with Crippen LogP contribution in [0.15, 0.2) is 30.3 Å². The molecular weight excluding hydrogens is 188 g/mol. The SMILES string of the molecule is BrCC=Cc1cc[c]cc1. The van der Waals surface area contributed by atoms with Crippen molar-refractivity contribution in [3.05, 3.63) is 42.0 Å². The number of hydrogen-bond donors (Lipinski definition) is 0. The summed E-state index contributed by atoms with van der Waals surface area (Å²) in [5.41, 5.74) is 1.22. The van der Waals surface area contributed by atoms with E-state index in [0.717, 1.165) is 5.33 Å². The van der Waals surface area contributed by atoms with Gasteiger partial charge >= 0.3 is 0 Å². The van der Waals surface area contributed by atoms with Crippen LogP contribution in [0.1, 0.15) is 5.56 Å². The van der Waals surface area contributed by atoms with Gasteiger partial charge in [0.1, 0.15) is 0 Å². The quantitative estimate of drug-likeness (QED) is 0.638. The Morgan fingerprint density at radius 2 is 2.10 bits per heavy atom. The first-order valence-corrected chi connectivity index (χ1v) is 4.24. The maximum absolute atomic E-state index is 3.31. The van der Waals surface area contributed by atoms with Crippen LogP contribution in [0.25, 0.3) is 6.08 Å². The molecule has 51 valence electrons. The molecule has 0 spiro atoms. The first kappa shape index (κ1) is 7.55. The highest BCUT2D eigenvalue weighted by Gasteiger charge is 1.79. The molecule has 0 aliphatic heterocycles. The molecule has 0 bridgehead atoms. The van der Waals surface area contributed by atoms with E-state index in [2.05, 4.69) is 34.1 Å². The van der Waals surface area contributed by atoms with Gasteiger partial charge in [0, 0.05) is 5.33 Å². The second kappa shape index (κ2) is 4.29. The first-order valence-electron chi connectivity index (χ1n) is 3.12. The lowest BCUT2D eigenvalue weighted by Crippen LogP contribution is -1.68. The summed E-state index contributed by atoms with van der Waals surface area (Å²) in [5.74, 6) is 0. The number of allylic oxidation sites excluding steroid dienone is 1. The monoisotopic (exact) mass is 195 g/mol. The molecule has 0 atom stereocenters. The molecule has 0 N–H and O–H groups in total. The predicted octanol–water partition coefficient (Wildman–Crippen LogP) is 2.89. The molecule has 0 nitrogen and oxygen atoms in total. The maximum Gasteiger partial charge on any atom is 0.0215 e. The minimum Gasteiger partial charge on any atom is -0.0883 e. The van der Waals surface area contributed by atoms with Gasteiger partial charge in [0.25, 0.3) is 0 Å². The summed E-state index contributed by atoms with van der Waals surface area (Å²) >= 11 is 3.31. The Morgan fingerprint density at radius 1 is 1.40 bits per heavy atom. The second-order valence-corrected chi connectivity index (χ2v) is 2.54. The summed E-state index contributed by atoms with van der Waals surface area (Å²) < 4.78 is 0. The summed E-state index contributed by atoms with van der Waals surface area (Å²) in [6.45, 7) is 0. The van der Waals surface area contributed by atoms with E-state index in [-0.39, 0.29) is 0 Å². The lowest BCUT2D eigenvalue weighted by Gasteiger charge is -1.87. The fourth-order valence-corrected chi connectivity index (χ4v) is 0.878. The van der Waals surface area contributed by atoms with Gasteiger partial charge in [0.05, 0.1) is 0 Å². The molecule has 0 fully saturated rings. The summed E-state index contributed by atoms with van der Waals surface area (Å²) in [7, 11) is 0. The van der Waals surface area contributed by atoms with Crippen molar-refractivity contribution in [3.8, 4) is 0 Å². The summed E-state index contributed by atoms with van der Waals surface area (Å²) in [4.78, 5) is 0. The highest BCUT2D eigenvalue weighted by Crippen LogP contribution is 2.00. The Bertz CT molecular complexity index is 201. The average Bonchev–Trinajstić information content (AvgIpc) is 2.03. The first-order chi connectivity index (χ1) is 4.93. The molecule has 0 saturated carbocycles. The van der Waals surface area contributed by atoms with E-state index in [4.69, 9.17) is 0 Å². The highest BCUT2D eigenvalue weighted by molar-refractivity contribution is 9.09. The van der Waals surface area contributed by atoms with E-state index < -0.39 is 0 Å². The van der Waals surface area contributed by atoms with Crippen molar-refractivity contribution in [3.63, 3.8) is 0 Å². The van der Waals surface area contributed by atoms with Crippen LogP contribution in [0.4, 0.5) is 0 Å². The van der Waals surface area contributed by atoms with E-state index in [1.807, 2.05) is 24.3 Å². The predicted molar refractivity (Wildman–Crippen MR) is 48.1 cm³/mol. The molecule has 0 saturated heterocycles. The Morgan fingerprint density at radius 3 is 2.70 bits per heavy atom. The molecule has 0 aliphatic carbocycles. The van der Waals surface area contributed by atoms with Crippen molar-refractivity contribution in [2.75, 3.05) is 5.33 Å². The lowest BCUT2D eigenvalue weighted by molar-refractivity contribution is 1.64. The zero-order chi connectivity index (χ0) is 7.23. The van der Waals surface area contributed by atoms with E-state index in [0.29, 0.717) is 0 Å². The fourth-order valence-electron chi connectivity index (χ4n) is 0.692. The molecule has 1 aromatic carbocycles. The molecule has 0 aliphatic rings. The average molecular weight is 196 g/mol. The second-order valence-electron chi connectivity index (χ2n) is 1.89. The Kier molecular flexibility index (Phi) is 3.23. The Balaban J connectivity index is 2.67. The fraction of sp³-hybridized carbons (Fsp3) is 0.111. The van der Waals surface area contributed by atoms with E-state index in [9.17, 15) is 0 Å². The van der Waals surface area contributed by atoms with Gasteiger partial charge in [-0.3, -0.25) is 0 Å². The number of rotatable bonds is 2. The van der Waals surface area contributed by atoms with Gasteiger partial charge in [-0.05, 0) is 11.6 Å². The topological polar surface area (TPSA) is 0 Å². The molecule has 0 heterocycles. The van der Waals surface area contributed by atoms with Crippen LogP contribution < -0.4 is 0 Å². The van der Waals surface area contributed by atoms with Gasteiger partial charge in [-0.15, -0.1) is 0 Å². The van der Waals surface area contributed by atoms with Crippen molar-refractivity contribution in [1.29, 1.82) is 0 Å². The van der Waals surface area contributed by atoms with Crippen molar-refractivity contribution in [1.82, 2.24) is 0 Å². The van der Waals surface area contributed by atoms with Crippen LogP contribution >= 0.6 is 15.9 Å².